The Balaban J connectivity index is 1.41. The van der Waals surface area contributed by atoms with Crippen LogP contribution in [0.4, 0.5) is 4.39 Å². The largest absolute Gasteiger partial charge is 0.493 e. The molecular weight excluding hydrogens is 461 g/mol. The fraction of sp³-hybridized carbons (Fsp3) is 0.481. The third kappa shape index (κ3) is 5.05. The first-order valence-corrected chi connectivity index (χ1v) is 12.6. The Labute approximate surface area is 209 Å². The molecule has 2 amide bonds. The second-order valence-electron chi connectivity index (χ2n) is 10.1. The summed E-state index contributed by atoms with van der Waals surface area (Å²) in [7, 11) is 0. The first kappa shape index (κ1) is 24.2. The maximum atomic E-state index is 14.9. The Hall–Kier alpha value is -3.49. The van der Waals surface area contributed by atoms with E-state index in [1.807, 2.05) is 32.0 Å². The first-order chi connectivity index (χ1) is 17.3. The van der Waals surface area contributed by atoms with Crippen LogP contribution in [0.1, 0.15) is 60.6 Å². The van der Waals surface area contributed by atoms with Crippen molar-refractivity contribution in [3.63, 3.8) is 0 Å². The molecule has 0 unspecified atom stereocenters. The Morgan fingerprint density at radius 2 is 1.94 bits per heavy atom. The number of amides is 2. The summed E-state index contributed by atoms with van der Waals surface area (Å²) in [4.78, 5) is 36.9. The number of carbonyl (C=O) groups is 2. The number of hydrogen-bond donors (Lipinski definition) is 3. The van der Waals surface area contributed by atoms with E-state index in [1.54, 1.807) is 0 Å². The second-order valence-corrected chi connectivity index (χ2v) is 10.1. The fourth-order valence-corrected chi connectivity index (χ4v) is 4.99. The molecule has 2 heterocycles. The summed E-state index contributed by atoms with van der Waals surface area (Å²) < 4.78 is 21.0. The molecule has 2 aromatic heterocycles. The number of nitrogens with zero attached hydrogens (tertiary/aromatic N) is 2. The predicted octanol–water partition coefficient (Wildman–Crippen LogP) is 4.16. The van der Waals surface area contributed by atoms with Crippen LogP contribution in [0.3, 0.4) is 0 Å². The lowest BCUT2D eigenvalue weighted by Gasteiger charge is -2.32. The number of carbonyl (C=O) groups excluding carboxylic acids is 2. The number of H-pyrrole nitrogens is 1. The SMILES string of the molecule is CC(=O)N[C@H]1CC[C@H](NC(=O)c2c(C)[nH]c3c(-c4cc(C)ccc4OCC4CC4)ncnc23)[C@H](F)C1. The number of fused-ring (bicyclic) bond motifs is 1. The van der Waals surface area contributed by atoms with Crippen LogP contribution in [0.5, 0.6) is 5.75 Å². The molecule has 2 fully saturated rings. The van der Waals surface area contributed by atoms with Gasteiger partial charge in [0, 0.05) is 30.6 Å². The molecule has 0 saturated heterocycles. The van der Waals surface area contributed by atoms with Gasteiger partial charge in [0.25, 0.3) is 5.91 Å². The van der Waals surface area contributed by atoms with Gasteiger partial charge in [-0.25, -0.2) is 14.4 Å². The van der Waals surface area contributed by atoms with Crippen LogP contribution >= 0.6 is 0 Å². The molecule has 9 heteroatoms. The van der Waals surface area contributed by atoms with Gasteiger partial charge in [-0.05, 0) is 57.6 Å². The summed E-state index contributed by atoms with van der Waals surface area (Å²) in [5, 5.41) is 5.64. The maximum Gasteiger partial charge on any atom is 0.255 e. The monoisotopic (exact) mass is 493 g/mol. The van der Waals surface area contributed by atoms with Crippen molar-refractivity contribution in [2.24, 2.45) is 5.92 Å². The summed E-state index contributed by atoms with van der Waals surface area (Å²) in [6, 6.07) is 5.18. The third-order valence-corrected chi connectivity index (χ3v) is 7.06. The van der Waals surface area contributed by atoms with E-state index in [0.29, 0.717) is 53.4 Å². The molecule has 3 atom stereocenters. The third-order valence-electron chi connectivity index (χ3n) is 7.06. The van der Waals surface area contributed by atoms with Gasteiger partial charge in [0.2, 0.25) is 5.91 Å². The number of aryl methyl sites for hydroxylation is 2. The first-order valence-electron chi connectivity index (χ1n) is 12.6. The van der Waals surface area contributed by atoms with Gasteiger partial charge in [0.15, 0.2) is 0 Å². The maximum absolute atomic E-state index is 14.9. The Bertz CT molecular complexity index is 1300. The molecule has 0 radical (unpaired) electrons. The van der Waals surface area contributed by atoms with Crippen LogP contribution in [0.15, 0.2) is 24.5 Å². The summed E-state index contributed by atoms with van der Waals surface area (Å²) in [6.45, 7) is 5.92. The molecule has 2 saturated carbocycles. The van der Waals surface area contributed by atoms with Gasteiger partial charge >= 0.3 is 0 Å². The highest BCUT2D eigenvalue weighted by molar-refractivity contribution is 6.09. The van der Waals surface area contributed by atoms with Crippen molar-refractivity contribution >= 4 is 22.8 Å². The van der Waals surface area contributed by atoms with Gasteiger partial charge in [-0.15, -0.1) is 0 Å². The van der Waals surface area contributed by atoms with Crippen molar-refractivity contribution in [2.45, 2.75) is 71.1 Å². The van der Waals surface area contributed by atoms with Crippen molar-refractivity contribution in [1.29, 1.82) is 0 Å². The average Bonchev–Trinajstić information content (AvgIpc) is 3.59. The summed E-state index contributed by atoms with van der Waals surface area (Å²) in [5.41, 5.74) is 4.74. The summed E-state index contributed by atoms with van der Waals surface area (Å²) in [5.74, 6) is 0.819. The lowest BCUT2D eigenvalue weighted by Crippen LogP contribution is -2.49. The average molecular weight is 494 g/mol. The minimum atomic E-state index is -1.24. The number of ether oxygens (including phenoxy) is 1. The number of hydrogen-bond acceptors (Lipinski definition) is 5. The van der Waals surface area contributed by atoms with E-state index in [0.717, 1.165) is 16.9 Å². The molecule has 2 aliphatic carbocycles. The molecular formula is C27H32FN5O3. The van der Waals surface area contributed by atoms with E-state index in [-0.39, 0.29) is 24.3 Å². The van der Waals surface area contributed by atoms with Crippen molar-refractivity contribution in [3.8, 4) is 17.0 Å². The van der Waals surface area contributed by atoms with Gasteiger partial charge in [-0.3, -0.25) is 9.59 Å². The molecule has 1 aromatic carbocycles. The number of halogens is 1. The van der Waals surface area contributed by atoms with Crippen LogP contribution in [0.25, 0.3) is 22.3 Å². The van der Waals surface area contributed by atoms with Gasteiger partial charge in [-0.2, -0.15) is 0 Å². The Kier molecular flexibility index (Phi) is 6.64. The van der Waals surface area contributed by atoms with Crippen LogP contribution in [-0.2, 0) is 4.79 Å². The Morgan fingerprint density at radius 3 is 2.67 bits per heavy atom. The summed E-state index contributed by atoms with van der Waals surface area (Å²) in [6.07, 6.45) is 3.84. The number of benzene rings is 1. The van der Waals surface area contributed by atoms with E-state index in [4.69, 9.17) is 4.74 Å². The standard InChI is InChI=1S/C27H32FN5O3/c1-14-4-9-22(36-12-17-5-6-17)19(10-14)24-26-25(30-13-29-24)23(15(2)31-26)27(35)33-21-8-7-18(11-20(21)28)32-16(3)34/h4,9-10,13,17-18,20-21,31H,5-8,11-12H2,1-3H3,(H,32,34)(H,33,35)/t18-,20+,21-/m0/s1. The van der Waals surface area contributed by atoms with Gasteiger partial charge in [0.1, 0.15) is 29.5 Å². The molecule has 8 nitrogen and oxygen atoms in total. The second kappa shape index (κ2) is 9.87. The smallest absolute Gasteiger partial charge is 0.255 e. The molecule has 3 aromatic rings. The van der Waals surface area contributed by atoms with Gasteiger partial charge in [-0.1, -0.05) is 11.6 Å². The van der Waals surface area contributed by atoms with Crippen molar-refractivity contribution in [1.82, 2.24) is 25.6 Å². The molecule has 0 bridgehead atoms. The number of aromatic amines is 1. The fourth-order valence-electron chi connectivity index (χ4n) is 4.99. The summed E-state index contributed by atoms with van der Waals surface area (Å²) >= 11 is 0. The highest BCUT2D eigenvalue weighted by atomic mass is 19.1. The van der Waals surface area contributed by atoms with E-state index < -0.39 is 12.2 Å². The van der Waals surface area contributed by atoms with Crippen molar-refractivity contribution < 1.29 is 18.7 Å². The molecule has 0 aliphatic heterocycles. The van der Waals surface area contributed by atoms with E-state index in [2.05, 4.69) is 25.6 Å². The van der Waals surface area contributed by atoms with E-state index in [1.165, 1.54) is 26.1 Å². The number of aromatic nitrogens is 3. The topological polar surface area (TPSA) is 109 Å². The molecule has 36 heavy (non-hydrogen) atoms. The zero-order chi connectivity index (χ0) is 25.4. The molecule has 190 valence electrons. The number of rotatable bonds is 7. The van der Waals surface area contributed by atoms with E-state index >= 15 is 0 Å². The number of nitrogens with one attached hydrogen (secondary N) is 3. The zero-order valence-electron chi connectivity index (χ0n) is 20.9. The molecule has 5 rings (SSSR count). The molecule has 2 aliphatic rings. The zero-order valence-corrected chi connectivity index (χ0v) is 20.9. The van der Waals surface area contributed by atoms with Gasteiger partial charge in [0.05, 0.1) is 23.7 Å². The molecule has 0 spiro atoms. The van der Waals surface area contributed by atoms with Crippen LogP contribution in [0.2, 0.25) is 0 Å². The van der Waals surface area contributed by atoms with Crippen LogP contribution < -0.4 is 15.4 Å². The minimum absolute atomic E-state index is 0.172. The quantitative estimate of drug-likeness (QED) is 0.458. The Morgan fingerprint density at radius 1 is 1.14 bits per heavy atom. The van der Waals surface area contributed by atoms with E-state index in [9.17, 15) is 14.0 Å². The number of alkyl halides is 1. The van der Waals surface area contributed by atoms with Crippen LogP contribution in [0, 0.1) is 19.8 Å². The highest BCUT2D eigenvalue weighted by Crippen LogP contribution is 2.37. The molecule has 3 N–H and O–H groups in total. The normalized spacial score (nSPS) is 21.8. The predicted molar refractivity (Wildman–Crippen MR) is 135 cm³/mol. The van der Waals surface area contributed by atoms with Crippen molar-refractivity contribution in [3.05, 3.63) is 41.3 Å². The van der Waals surface area contributed by atoms with Crippen molar-refractivity contribution in [2.75, 3.05) is 6.61 Å². The minimum Gasteiger partial charge on any atom is -0.493 e. The van der Waals surface area contributed by atoms with Crippen LogP contribution in [-0.4, -0.2) is 51.6 Å². The van der Waals surface area contributed by atoms with Gasteiger partial charge < -0.3 is 20.4 Å². The highest BCUT2D eigenvalue weighted by Gasteiger charge is 2.33. The lowest BCUT2D eigenvalue weighted by molar-refractivity contribution is -0.120. The lowest BCUT2D eigenvalue weighted by atomic mass is 9.89.